The summed E-state index contributed by atoms with van der Waals surface area (Å²) in [5, 5.41) is 0. The topological polar surface area (TPSA) is 40.6 Å². The van der Waals surface area contributed by atoms with Crippen molar-refractivity contribution in [3.63, 3.8) is 0 Å². The smallest absolute Gasteiger partial charge is 0.254 e. The van der Waals surface area contributed by atoms with Gasteiger partial charge in [0.1, 0.15) is 5.82 Å². The van der Waals surface area contributed by atoms with Crippen molar-refractivity contribution >= 4 is 23.6 Å². The first-order chi connectivity index (χ1) is 12.9. The number of amides is 2. The van der Waals surface area contributed by atoms with Crippen LogP contribution in [0.2, 0.25) is 0 Å². The Morgan fingerprint density at radius 3 is 2.11 bits per heavy atom. The number of thioether (sulfide) groups is 1. The molecule has 1 aliphatic heterocycles. The average molecular weight is 394 g/mol. The summed E-state index contributed by atoms with van der Waals surface area (Å²) in [6, 6.07) is 8.98. The minimum Gasteiger partial charge on any atom is -0.338 e. The monoisotopic (exact) mass is 394 g/mol. The quantitative estimate of drug-likeness (QED) is 0.748. The van der Waals surface area contributed by atoms with E-state index in [-0.39, 0.29) is 28.9 Å². The van der Waals surface area contributed by atoms with Crippen LogP contribution in [0.4, 0.5) is 13.2 Å². The van der Waals surface area contributed by atoms with Crippen LogP contribution in [0.5, 0.6) is 0 Å². The third-order valence-corrected chi connectivity index (χ3v) is 5.26. The van der Waals surface area contributed by atoms with E-state index in [1.807, 2.05) is 0 Å². The third kappa shape index (κ3) is 4.82. The minimum absolute atomic E-state index is 0.0655. The molecule has 2 aromatic rings. The number of hydrogen-bond donors (Lipinski definition) is 0. The molecule has 2 amide bonds. The molecule has 1 fully saturated rings. The summed E-state index contributed by atoms with van der Waals surface area (Å²) in [6.07, 6.45) is 0. The molecular formula is C19H17F3N2O2S. The predicted molar refractivity (Wildman–Crippen MR) is 96.0 cm³/mol. The van der Waals surface area contributed by atoms with Gasteiger partial charge in [-0.1, -0.05) is 0 Å². The van der Waals surface area contributed by atoms with Gasteiger partial charge in [-0.3, -0.25) is 9.59 Å². The summed E-state index contributed by atoms with van der Waals surface area (Å²) in [5.74, 6) is -2.62. The average Bonchev–Trinajstić information content (AvgIpc) is 2.69. The Labute approximate surface area is 158 Å². The highest BCUT2D eigenvalue weighted by atomic mass is 32.2. The van der Waals surface area contributed by atoms with Crippen LogP contribution >= 0.6 is 11.8 Å². The minimum atomic E-state index is -1.06. The molecule has 142 valence electrons. The second kappa shape index (κ2) is 8.47. The first-order valence-electron chi connectivity index (χ1n) is 8.34. The molecule has 8 heteroatoms. The fraction of sp³-hybridized carbons (Fsp3) is 0.263. The van der Waals surface area contributed by atoms with Gasteiger partial charge in [-0.15, -0.1) is 11.8 Å². The Morgan fingerprint density at radius 2 is 1.48 bits per heavy atom. The molecule has 0 N–H and O–H groups in total. The number of hydrogen-bond acceptors (Lipinski definition) is 3. The van der Waals surface area contributed by atoms with Crippen LogP contribution in [0.15, 0.2) is 47.4 Å². The summed E-state index contributed by atoms with van der Waals surface area (Å²) >= 11 is 1.32. The van der Waals surface area contributed by atoms with Crippen LogP contribution in [0.3, 0.4) is 0 Å². The molecule has 0 atom stereocenters. The van der Waals surface area contributed by atoms with Crippen LogP contribution in [0, 0.1) is 17.5 Å². The van der Waals surface area contributed by atoms with Gasteiger partial charge in [-0.25, -0.2) is 13.2 Å². The van der Waals surface area contributed by atoms with E-state index in [2.05, 4.69) is 0 Å². The summed E-state index contributed by atoms with van der Waals surface area (Å²) < 4.78 is 39.2. The lowest BCUT2D eigenvalue weighted by atomic mass is 10.1. The molecule has 0 aromatic heterocycles. The molecule has 4 nitrogen and oxygen atoms in total. The number of carbonyl (C=O) groups excluding carboxylic acids is 2. The van der Waals surface area contributed by atoms with Crippen molar-refractivity contribution in [2.45, 2.75) is 4.90 Å². The van der Waals surface area contributed by atoms with Gasteiger partial charge in [0, 0.05) is 36.6 Å². The number of carbonyl (C=O) groups is 2. The van der Waals surface area contributed by atoms with E-state index in [0.717, 1.165) is 17.0 Å². The second-order valence-corrected chi connectivity index (χ2v) is 7.09. The Hall–Kier alpha value is -2.48. The maximum atomic E-state index is 13.3. The fourth-order valence-corrected chi connectivity index (χ4v) is 3.54. The largest absolute Gasteiger partial charge is 0.338 e. The SMILES string of the molecule is O=C(CSc1ccc(F)cc1)N1CCN(C(=O)c2ccc(F)c(F)c2)CC1. The summed E-state index contributed by atoms with van der Waals surface area (Å²) in [5.41, 5.74) is 0.0838. The van der Waals surface area contributed by atoms with Crippen molar-refractivity contribution in [2.75, 3.05) is 31.9 Å². The van der Waals surface area contributed by atoms with Gasteiger partial charge >= 0.3 is 0 Å². The molecule has 2 aromatic carbocycles. The number of piperazine rings is 1. The van der Waals surface area contributed by atoms with E-state index in [4.69, 9.17) is 0 Å². The fourth-order valence-electron chi connectivity index (χ4n) is 2.74. The molecule has 0 radical (unpaired) electrons. The van der Waals surface area contributed by atoms with Crippen molar-refractivity contribution in [3.05, 3.63) is 65.5 Å². The zero-order valence-electron chi connectivity index (χ0n) is 14.3. The third-order valence-electron chi connectivity index (χ3n) is 4.26. The van der Waals surface area contributed by atoms with Crippen molar-refractivity contribution in [2.24, 2.45) is 0 Å². The van der Waals surface area contributed by atoms with E-state index < -0.39 is 11.6 Å². The van der Waals surface area contributed by atoms with E-state index in [1.165, 1.54) is 34.9 Å². The van der Waals surface area contributed by atoms with Gasteiger partial charge in [0.05, 0.1) is 5.75 Å². The van der Waals surface area contributed by atoms with Crippen LogP contribution in [-0.2, 0) is 4.79 Å². The van der Waals surface area contributed by atoms with Crippen LogP contribution in [0.1, 0.15) is 10.4 Å². The lowest BCUT2D eigenvalue weighted by molar-refractivity contribution is -0.129. The first kappa shape index (κ1) is 19.3. The molecule has 0 saturated carbocycles. The van der Waals surface area contributed by atoms with Crippen molar-refractivity contribution < 1.29 is 22.8 Å². The number of rotatable bonds is 4. The molecule has 1 aliphatic rings. The predicted octanol–water partition coefficient (Wildman–Crippen LogP) is 3.18. The summed E-state index contributed by atoms with van der Waals surface area (Å²) in [7, 11) is 0. The number of nitrogens with zero attached hydrogens (tertiary/aromatic N) is 2. The van der Waals surface area contributed by atoms with Crippen LogP contribution in [0.25, 0.3) is 0 Å². The van der Waals surface area contributed by atoms with E-state index in [9.17, 15) is 22.8 Å². The molecule has 27 heavy (non-hydrogen) atoms. The second-order valence-electron chi connectivity index (χ2n) is 6.04. The molecule has 0 aliphatic carbocycles. The Kier molecular flexibility index (Phi) is 6.05. The lowest BCUT2D eigenvalue weighted by Crippen LogP contribution is -2.51. The number of benzene rings is 2. The maximum Gasteiger partial charge on any atom is 0.254 e. The maximum absolute atomic E-state index is 13.3. The zero-order valence-corrected chi connectivity index (χ0v) is 15.1. The lowest BCUT2D eigenvalue weighted by Gasteiger charge is -2.34. The Balaban J connectivity index is 1.50. The molecule has 0 bridgehead atoms. The molecular weight excluding hydrogens is 377 g/mol. The molecule has 3 rings (SSSR count). The Morgan fingerprint density at radius 1 is 0.852 bits per heavy atom. The standard InChI is InChI=1S/C19H17F3N2O2S/c20-14-2-4-15(5-3-14)27-12-18(25)23-7-9-24(10-8-23)19(26)13-1-6-16(21)17(22)11-13/h1-6,11H,7-10,12H2. The van der Waals surface area contributed by atoms with Gasteiger partial charge in [-0.2, -0.15) is 0 Å². The van der Waals surface area contributed by atoms with Crippen molar-refractivity contribution in [1.82, 2.24) is 9.80 Å². The van der Waals surface area contributed by atoms with Gasteiger partial charge in [0.15, 0.2) is 11.6 Å². The molecule has 0 unspecified atom stereocenters. The molecule has 1 saturated heterocycles. The molecule has 0 spiro atoms. The van der Waals surface area contributed by atoms with E-state index in [0.29, 0.717) is 26.2 Å². The van der Waals surface area contributed by atoms with E-state index in [1.54, 1.807) is 17.0 Å². The van der Waals surface area contributed by atoms with Crippen LogP contribution in [-0.4, -0.2) is 53.5 Å². The van der Waals surface area contributed by atoms with Gasteiger partial charge < -0.3 is 9.80 Å². The normalized spacial score (nSPS) is 14.3. The summed E-state index contributed by atoms with van der Waals surface area (Å²) in [4.78, 5) is 28.7. The zero-order chi connectivity index (χ0) is 19.4. The highest BCUT2D eigenvalue weighted by Gasteiger charge is 2.25. The first-order valence-corrected chi connectivity index (χ1v) is 9.33. The highest BCUT2D eigenvalue weighted by Crippen LogP contribution is 2.19. The van der Waals surface area contributed by atoms with Gasteiger partial charge in [-0.05, 0) is 42.5 Å². The van der Waals surface area contributed by atoms with Gasteiger partial charge in [0.25, 0.3) is 5.91 Å². The number of halogens is 3. The van der Waals surface area contributed by atoms with Gasteiger partial charge in [0.2, 0.25) is 5.91 Å². The van der Waals surface area contributed by atoms with Crippen molar-refractivity contribution in [1.29, 1.82) is 0 Å². The summed E-state index contributed by atoms with van der Waals surface area (Å²) in [6.45, 7) is 1.39. The van der Waals surface area contributed by atoms with Crippen LogP contribution < -0.4 is 0 Å². The molecule has 1 heterocycles. The van der Waals surface area contributed by atoms with E-state index >= 15 is 0 Å². The highest BCUT2D eigenvalue weighted by molar-refractivity contribution is 8.00. The van der Waals surface area contributed by atoms with Crippen molar-refractivity contribution in [3.8, 4) is 0 Å². The Bertz CT molecular complexity index is 837.